The van der Waals surface area contributed by atoms with E-state index < -0.39 is 0 Å². The van der Waals surface area contributed by atoms with Crippen molar-refractivity contribution >= 4 is 16.5 Å². The summed E-state index contributed by atoms with van der Waals surface area (Å²) in [6, 6.07) is 17.8. The standard InChI is InChI=1S/C24H24N4O3S/c1-16-23(32-24(26-16)25-13-17-6-5-7-18(12-17)29-2)20-10-11-28(27-20)14-19-15-30-21-8-3-4-9-22(21)31-19/h3-12,19H,13-15H2,1-2H3,(H,25,26)/t19-/m1/s1. The van der Waals surface area contributed by atoms with Gasteiger partial charge in [-0.3, -0.25) is 4.68 Å². The molecule has 0 aliphatic carbocycles. The second-order valence-corrected chi connectivity index (χ2v) is 8.56. The van der Waals surface area contributed by atoms with Gasteiger partial charge in [-0.15, -0.1) is 0 Å². The Morgan fingerprint density at radius 1 is 1.16 bits per heavy atom. The number of nitrogens with zero attached hydrogens (tertiary/aromatic N) is 3. The van der Waals surface area contributed by atoms with Crippen LogP contribution in [0.3, 0.4) is 0 Å². The van der Waals surface area contributed by atoms with Crippen LogP contribution in [0.15, 0.2) is 60.8 Å². The number of anilines is 1. The molecule has 0 amide bonds. The molecule has 32 heavy (non-hydrogen) atoms. The number of nitrogens with one attached hydrogen (secondary N) is 1. The molecule has 0 unspecified atom stereocenters. The lowest BCUT2D eigenvalue weighted by Crippen LogP contribution is -2.33. The van der Waals surface area contributed by atoms with Crippen molar-refractivity contribution < 1.29 is 14.2 Å². The van der Waals surface area contributed by atoms with Gasteiger partial charge in [0.15, 0.2) is 22.7 Å². The maximum atomic E-state index is 6.05. The third kappa shape index (κ3) is 4.40. The molecule has 8 heteroatoms. The van der Waals surface area contributed by atoms with Crippen LogP contribution in [0.2, 0.25) is 0 Å². The number of rotatable bonds is 7. The summed E-state index contributed by atoms with van der Waals surface area (Å²) in [5, 5.41) is 9.03. The highest BCUT2D eigenvalue weighted by Gasteiger charge is 2.22. The van der Waals surface area contributed by atoms with Gasteiger partial charge in [-0.2, -0.15) is 5.10 Å². The summed E-state index contributed by atoms with van der Waals surface area (Å²) in [4.78, 5) is 5.74. The maximum absolute atomic E-state index is 6.05. The molecule has 4 aromatic rings. The fraction of sp³-hybridized carbons (Fsp3) is 0.250. The summed E-state index contributed by atoms with van der Waals surface area (Å²) in [6.07, 6.45) is 1.89. The molecule has 1 aliphatic rings. The normalized spacial score (nSPS) is 14.9. The molecule has 1 atom stereocenters. The minimum absolute atomic E-state index is 0.0831. The Morgan fingerprint density at radius 3 is 2.91 bits per heavy atom. The molecular formula is C24H24N4O3S. The van der Waals surface area contributed by atoms with Gasteiger partial charge in [0.05, 0.1) is 24.2 Å². The van der Waals surface area contributed by atoms with Crippen molar-refractivity contribution in [3.8, 4) is 27.8 Å². The molecule has 2 aromatic heterocycles. The molecule has 0 bridgehead atoms. The number of hydrogen-bond donors (Lipinski definition) is 1. The van der Waals surface area contributed by atoms with Crippen LogP contribution in [0.5, 0.6) is 17.2 Å². The molecule has 7 nitrogen and oxygen atoms in total. The van der Waals surface area contributed by atoms with E-state index in [1.165, 1.54) is 0 Å². The van der Waals surface area contributed by atoms with Crippen molar-refractivity contribution in [1.82, 2.24) is 14.8 Å². The van der Waals surface area contributed by atoms with E-state index in [1.54, 1.807) is 18.4 Å². The van der Waals surface area contributed by atoms with E-state index in [0.717, 1.165) is 44.2 Å². The summed E-state index contributed by atoms with van der Waals surface area (Å²) in [5.41, 5.74) is 3.01. The monoisotopic (exact) mass is 448 g/mol. The lowest BCUT2D eigenvalue weighted by molar-refractivity contribution is 0.0759. The molecule has 0 radical (unpaired) electrons. The zero-order valence-corrected chi connectivity index (χ0v) is 18.8. The van der Waals surface area contributed by atoms with Crippen LogP contribution in [0.4, 0.5) is 5.13 Å². The van der Waals surface area contributed by atoms with E-state index in [4.69, 9.17) is 19.3 Å². The Kier molecular flexibility index (Phi) is 5.68. The molecule has 164 valence electrons. The van der Waals surface area contributed by atoms with Crippen molar-refractivity contribution in [2.24, 2.45) is 0 Å². The Morgan fingerprint density at radius 2 is 2.03 bits per heavy atom. The van der Waals surface area contributed by atoms with Crippen LogP contribution >= 0.6 is 11.3 Å². The van der Waals surface area contributed by atoms with Crippen LogP contribution in [0, 0.1) is 6.92 Å². The van der Waals surface area contributed by atoms with E-state index >= 15 is 0 Å². The third-order valence-electron chi connectivity index (χ3n) is 5.21. The van der Waals surface area contributed by atoms with Crippen LogP contribution in [-0.2, 0) is 13.1 Å². The molecule has 0 fully saturated rings. The van der Waals surface area contributed by atoms with Crippen LogP contribution in [0.25, 0.3) is 10.6 Å². The van der Waals surface area contributed by atoms with E-state index in [0.29, 0.717) is 19.7 Å². The molecule has 1 aliphatic heterocycles. The van der Waals surface area contributed by atoms with E-state index in [2.05, 4.69) is 16.4 Å². The van der Waals surface area contributed by atoms with Crippen molar-refractivity contribution in [3.05, 3.63) is 72.1 Å². The van der Waals surface area contributed by atoms with Gasteiger partial charge in [-0.25, -0.2) is 4.98 Å². The lowest BCUT2D eigenvalue weighted by atomic mass is 10.2. The van der Waals surface area contributed by atoms with Gasteiger partial charge in [0.1, 0.15) is 18.1 Å². The molecule has 0 spiro atoms. The second kappa shape index (κ2) is 8.92. The fourth-order valence-corrected chi connectivity index (χ4v) is 4.54. The SMILES string of the molecule is COc1cccc(CNc2nc(C)c(-c3ccn(C[C@@H]4COc5ccccc5O4)n3)s2)c1. The quantitative estimate of drug-likeness (QED) is 0.439. The molecule has 5 rings (SSSR count). The summed E-state index contributed by atoms with van der Waals surface area (Å²) >= 11 is 1.61. The fourth-order valence-electron chi connectivity index (χ4n) is 3.62. The Bertz CT molecular complexity index is 1220. The molecule has 1 N–H and O–H groups in total. The number of aryl methyl sites for hydroxylation is 1. The third-order valence-corrected chi connectivity index (χ3v) is 6.34. The Balaban J connectivity index is 1.24. The first-order valence-electron chi connectivity index (χ1n) is 10.4. The van der Waals surface area contributed by atoms with Crippen molar-refractivity contribution in [2.45, 2.75) is 26.1 Å². The number of thiazole rings is 1. The van der Waals surface area contributed by atoms with Gasteiger partial charge in [0, 0.05) is 12.7 Å². The van der Waals surface area contributed by atoms with Crippen LogP contribution in [0.1, 0.15) is 11.3 Å². The van der Waals surface area contributed by atoms with Gasteiger partial charge in [-0.1, -0.05) is 35.6 Å². The number of hydrogen-bond acceptors (Lipinski definition) is 7. The highest BCUT2D eigenvalue weighted by molar-refractivity contribution is 7.19. The van der Waals surface area contributed by atoms with Crippen LogP contribution < -0.4 is 19.5 Å². The average molecular weight is 449 g/mol. The predicted molar refractivity (Wildman–Crippen MR) is 125 cm³/mol. The number of benzene rings is 2. The zero-order chi connectivity index (χ0) is 21.9. The molecular weight excluding hydrogens is 424 g/mol. The first-order chi connectivity index (χ1) is 15.7. The summed E-state index contributed by atoms with van der Waals surface area (Å²) in [5.74, 6) is 2.42. The Labute approximate surface area is 190 Å². The second-order valence-electron chi connectivity index (χ2n) is 7.56. The number of methoxy groups -OCH3 is 1. The summed E-state index contributed by atoms with van der Waals surface area (Å²) in [6.45, 7) is 3.81. The van der Waals surface area contributed by atoms with Crippen molar-refractivity contribution in [3.63, 3.8) is 0 Å². The molecule has 0 saturated heterocycles. The van der Waals surface area contributed by atoms with Gasteiger partial charge < -0.3 is 19.5 Å². The topological polar surface area (TPSA) is 70.4 Å². The van der Waals surface area contributed by atoms with Crippen molar-refractivity contribution in [2.75, 3.05) is 19.0 Å². The molecule has 0 saturated carbocycles. The first kappa shape index (κ1) is 20.4. The van der Waals surface area contributed by atoms with E-state index in [1.807, 2.05) is 66.3 Å². The highest BCUT2D eigenvalue weighted by Crippen LogP contribution is 2.33. The average Bonchev–Trinajstić information content (AvgIpc) is 3.43. The predicted octanol–water partition coefficient (Wildman–Crippen LogP) is 4.78. The summed E-state index contributed by atoms with van der Waals surface area (Å²) in [7, 11) is 1.68. The minimum atomic E-state index is -0.0831. The first-order valence-corrected chi connectivity index (χ1v) is 11.3. The van der Waals surface area contributed by atoms with Crippen LogP contribution in [-0.4, -0.2) is 34.6 Å². The highest BCUT2D eigenvalue weighted by atomic mass is 32.1. The summed E-state index contributed by atoms with van der Waals surface area (Å²) < 4.78 is 19.1. The minimum Gasteiger partial charge on any atom is -0.497 e. The zero-order valence-electron chi connectivity index (χ0n) is 17.9. The largest absolute Gasteiger partial charge is 0.497 e. The van der Waals surface area contributed by atoms with E-state index in [9.17, 15) is 0 Å². The van der Waals surface area contributed by atoms with Crippen molar-refractivity contribution in [1.29, 1.82) is 0 Å². The van der Waals surface area contributed by atoms with Gasteiger partial charge in [-0.05, 0) is 42.8 Å². The number of para-hydroxylation sites is 2. The molecule has 2 aromatic carbocycles. The Hall–Kier alpha value is -3.52. The molecule has 3 heterocycles. The number of aromatic nitrogens is 3. The van der Waals surface area contributed by atoms with E-state index in [-0.39, 0.29) is 6.10 Å². The van der Waals surface area contributed by atoms with Gasteiger partial charge in [0.2, 0.25) is 0 Å². The lowest BCUT2D eigenvalue weighted by Gasteiger charge is -2.26. The van der Waals surface area contributed by atoms with Gasteiger partial charge >= 0.3 is 0 Å². The maximum Gasteiger partial charge on any atom is 0.183 e. The number of fused-ring (bicyclic) bond motifs is 1. The van der Waals surface area contributed by atoms with Gasteiger partial charge in [0.25, 0.3) is 0 Å². The smallest absolute Gasteiger partial charge is 0.183 e. The number of ether oxygens (including phenoxy) is 3.